The van der Waals surface area contributed by atoms with Crippen LogP contribution in [0.4, 0.5) is 36.4 Å². The highest BCUT2D eigenvalue weighted by Crippen LogP contribution is 2.34. The minimum Gasteiger partial charge on any atom is -0.399 e. The number of nitrogen functional groups attached to an aromatic ring is 1. The summed E-state index contributed by atoms with van der Waals surface area (Å²) < 4.78 is 45.4. The first-order valence-corrected chi connectivity index (χ1v) is 11.4. The summed E-state index contributed by atoms with van der Waals surface area (Å²) in [5, 5.41) is 10.2. The van der Waals surface area contributed by atoms with Gasteiger partial charge in [-0.25, -0.2) is 9.97 Å². The van der Waals surface area contributed by atoms with Crippen LogP contribution in [-0.4, -0.2) is 61.4 Å². The van der Waals surface area contributed by atoms with E-state index in [4.69, 9.17) is 10.5 Å². The lowest BCUT2D eigenvalue weighted by molar-refractivity contribution is -0.137. The number of hydrogen-bond acceptors (Lipinski definition) is 9. The second-order valence-electron chi connectivity index (χ2n) is 8.34. The van der Waals surface area contributed by atoms with Gasteiger partial charge in [-0.15, -0.1) is 0 Å². The molecule has 5 N–H and O–H groups in total. The number of hydrogen-bond donors (Lipinski definition) is 4. The van der Waals surface area contributed by atoms with Gasteiger partial charge in [0.05, 0.1) is 36.5 Å². The summed E-state index contributed by atoms with van der Waals surface area (Å²) in [6.45, 7) is 5.73. The normalized spacial score (nSPS) is 15.3. The molecule has 0 spiro atoms. The van der Waals surface area contributed by atoms with Crippen molar-refractivity contribution in [3.05, 3.63) is 41.6 Å². The third kappa shape index (κ3) is 6.01. The van der Waals surface area contributed by atoms with Crippen molar-refractivity contribution >= 4 is 34.2 Å². The van der Waals surface area contributed by atoms with Gasteiger partial charge in [0.2, 0.25) is 5.95 Å². The number of likely N-dealkylation sites (N-methyl/N-ethyl adjacent to an activating group) is 1. The lowest BCUT2D eigenvalue weighted by Crippen LogP contribution is -2.36. The predicted molar refractivity (Wildman–Crippen MR) is 131 cm³/mol. The summed E-state index contributed by atoms with van der Waals surface area (Å²) >= 11 is 0. The minimum atomic E-state index is -4.49. The first-order valence-electron chi connectivity index (χ1n) is 11.4. The van der Waals surface area contributed by atoms with Crippen LogP contribution in [0.25, 0.3) is 10.9 Å². The van der Waals surface area contributed by atoms with Crippen molar-refractivity contribution in [1.82, 2.24) is 20.3 Å². The summed E-state index contributed by atoms with van der Waals surface area (Å²) in [4.78, 5) is 15.9. The van der Waals surface area contributed by atoms with E-state index >= 15 is 0 Å². The van der Waals surface area contributed by atoms with Gasteiger partial charge >= 0.3 is 6.18 Å². The molecule has 1 fully saturated rings. The average molecular weight is 491 g/mol. The maximum Gasteiger partial charge on any atom is 0.416 e. The SMILES string of the molecule is CNCCNc1nc(NC(C)c2cc(N)cc(C(F)(F)F)c2)c2cc(N3CCOCC3)ncc2n1. The number of nitrogens with one attached hydrogen (secondary N) is 3. The van der Waals surface area contributed by atoms with E-state index in [-0.39, 0.29) is 5.69 Å². The molecule has 1 saturated heterocycles. The van der Waals surface area contributed by atoms with Crippen LogP contribution in [0.3, 0.4) is 0 Å². The highest BCUT2D eigenvalue weighted by Gasteiger charge is 2.31. The Kier molecular flexibility index (Phi) is 7.41. The standard InChI is InChI=1S/C23H29F3N8O/c1-14(15-9-16(23(24,25)26)11-17(27)10-15)31-21-18-12-20(34-5-7-35-8-6-34)30-13-19(18)32-22(33-21)29-4-3-28-2/h9-14,28H,3-8,27H2,1-2H3,(H2,29,31,32,33). The number of benzene rings is 1. The van der Waals surface area contributed by atoms with Crippen LogP contribution in [0.5, 0.6) is 0 Å². The Hall–Kier alpha value is -3.38. The van der Waals surface area contributed by atoms with Gasteiger partial charge in [0, 0.05) is 37.3 Å². The average Bonchev–Trinajstić information content (AvgIpc) is 2.83. The summed E-state index contributed by atoms with van der Waals surface area (Å²) in [7, 11) is 1.84. The molecule has 3 heterocycles. The molecule has 188 valence electrons. The van der Waals surface area contributed by atoms with Crippen molar-refractivity contribution in [2.45, 2.75) is 19.1 Å². The third-order valence-corrected chi connectivity index (χ3v) is 5.72. The van der Waals surface area contributed by atoms with E-state index in [1.165, 1.54) is 6.07 Å². The molecule has 9 nitrogen and oxygen atoms in total. The van der Waals surface area contributed by atoms with Crippen molar-refractivity contribution in [1.29, 1.82) is 0 Å². The number of fused-ring (bicyclic) bond motifs is 1. The molecule has 1 aromatic carbocycles. The number of pyridine rings is 1. The summed E-state index contributed by atoms with van der Waals surface area (Å²) in [5.41, 5.74) is 6.05. The molecule has 35 heavy (non-hydrogen) atoms. The van der Waals surface area contributed by atoms with Crippen LogP contribution in [0.1, 0.15) is 24.1 Å². The molecule has 12 heteroatoms. The Labute approximate surface area is 201 Å². The number of morpholine rings is 1. The van der Waals surface area contributed by atoms with Gasteiger partial charge in [0.15, 0.2) is 0 Å². The molecule has 1 aliphatic heterocycles. The largest absolute Gasteiger partial charge is 0.416 e. The monoisotopic (exact) mass is 490 g/mol. The number of aromatic nitrogens is 3. The molecule has 1 aliphatic rings. The maximum absolute atomic E-state index is 13.3. The van der Waals surface area contributed by atoms with Gasteiger partial charge < -0.3 is 31.3 Å². The summed E-state index contributed by atoms with van der Waals surface area (Å²) in [6, 6.07) is 4.95. The molecule has 0 aliphatic carbocycles. The van der Waals surface area contributed by atoms with E-state index < -0.39 is 17.8 Å². The number of nitrogens with two attached hydrogens (primary N) is 1. The lowest BCUT2D eigenvalue weighted by Gasteiger charge is -2.28. The van der Waals surface area contributed by atoms with Crippen LogP contribution >= 0.6 is 0 Å². The Morgan fingerprint density at radius 2 is 1.89 bits per heavy atom. The predicted octanol–water partition coefficient (Wildman–Crippen LogP) is 3.27. The second kappa shape index (κ2) is 10.5. The number of rotatable bonds is 8. The van der Waals surface area contributed by atoms with E-state index in [0.29, 0.717) is 67.6 Å². The zero-order chi connectivity index (χ0) is 25.0. The summed E-state index contributed by atoms with van der Waals surface area (Å²) in [5.74, 6) is 1.65. The Bertz CT molecular complexity index is 1170. The topological polar surface area (TPSA) is 113 Å². The van der Waals surface area contributed by atoms with E-state index in [1.54, 1.807) is 13.1 Å². The number of nitrogens with zero attached hydrogens (tertiary/aromatic N) is 4. The third-order valence-electron chi connectivity index (χ3n) is 5.72. The number of ether oxygens (including phenoxy) is 1. The van der Waals surface area contributed by atoms with Crippen LogP contribution in [0.15, 0.2) is 30.5 Å². The number of halogens is 3. The molecule has 4 rings (SSSR count). The molecule has 3 aromatic rings. The van der Waals surface area contributed by atoms with Gasteiger partial charge in [-0.05, 0) is 43.8 Å². The fraction of sp³-hybridized carbons (Fsp3) is 0.435. The van der Waals surface area contributed by atoms with E-state index in [0.717, 1.165) is 18.0 Å². The van der Waals surface area contributed by atoms with Crippen molar-refractivity contribution in [2.24, 2.45) is 0 Å². The quantitative estimate of drug-likeness (QED) is 0.279. The van der Waals surface area contributed by atoms with Crippen molar-refractivity contribution in [3.63, 3.8) is 0 Å². The first kappa shape index (κ1) is 24.7. The highest BCUT2D eigenvalue weighted by atomic mass is 19.4. The van der Waals surface area contributed by atoms with Gasteiger partial charge in [-0.3, -0.25) is 0 Å². The Morgan fingerprint density at radius 1 is 1.11 bits per heavy atom. The van der Waals surface area contributed by atoms with Gasteiger partial charge in [-0.1, -0.05) is 0 Å². The molecule has 0 bridgehead atoms. The zero-order valence-electron chi connectivity index (χ0n) is 19.6. The highest BCUT2D eigenvalue weighted by molar-refractivity contribution is 5.91. The van der Waals surface area contributed by atoms with E-state index in [2.05, 4.69) is 35.8 Å². The van der Waals surface area contributed by atoms with Crippen LogP contribution in [0, 0.1) is 0 Å². The zero-order valence-corrected chi connectivity index (χ0v) is 19.6. The van der Waals surface area contributed by atoms with Crippen LogP contribution in [-0.2, 0) is 10.9 Å². The lowest BCUT2D eigenvalue weighted by atomic mass is 10.0. The van der Waals surface area contributed by atoms with Gasteiger partial charge in [0.1, 0.15) is 11.6 Å². The van der Waals surface area contributed by atoms with Crippen molar-refractivity contribution < 1.29 is 17.9 Å². The fourth-order valence-electron chi connectivity index (χ4n) is 3.85. The smallest absolute Gasteiger partial charge is 0.399 e. The Balaban J connectivity index is 1.70. The minimum absolute atomic E-state index is 0.0456. The number of anilines is 4. The molecule has 0 radical (unpaired) electrons. The van der Waals surface area contributed by atoms with Gasteiger partial charge in [0.25, 0.3) is 0 Å². The molecule has 1 unspecified atom stereocenters. The van der Waals surface area contributed by atoms with Gasteiger partial charge in [-0.2, -0.15) is 18.2 Å². The maximum atomic E-state index is 13.3. The van der Waals surface area contributed by atoms with E-state index in [1.807, 2.05) is 13.1 Å². The molecule has 0 amide bonds. The van der Waals surface area contributed by atoms with Crippen molar-refractivity contribution in [3.8, 4) is 0 Å². The van der Waals surface area contributed by atoms with Crippen LogP contribution < -0.4 is 26.6 Å². The molecule has 2 aromatic heterocycles. The van der Waals surface area contributed by atoms with Crippen LogP contribution in [0.2, 0.25) is 0 Å². The fourth-order valence-corrected chi connectivity index (χ4v) is 3.85. The van der Waals surface area contributed by atoms with Crippen molar-refractivity contribution in [2.75, 3.05) is 67.7 Å². The molecule has 0 saturated carbocycles. The second-order valence-corrected chi connectivity index (χ2v) is 8.34. The van der Waals surface area contributed by atoms with E-state index in [9.17, 15) is 13.2 Å². The first-order chi connectivity index (χ1) is 16.7. The number of alkyl halides is 3. The summed E-state index contributed by atoms with van der Waals surface area (Å²) in [6.07, 6.45) is -2.81. The molecular weight excluding hydrogens is 461 g/mol. The molecular formula is C23H29F3N8O. The Morgan fingerprint density at radius 3 is 2.60 bits per heavy atom. The molecule has 1 atom stereocenters.